The average Bonchev–Trinajstić information content (AvgIpc) is 3.30. The number of halogens is 1. The van der Waals surface area contributed by atoms with E-state index in [9.17, 15) is 14.4 Å². The normalized spacial score (nSPS) is 14.6. The Kier molecular flexibility index (Phi) is 9.03. The number of allylic oxidation sites excluding steroid dienone is 1. The molecule has 0 fully saturated rings. The molecule has 226 valence electrons. The van der Waals surface area contributed by atoms with Gasteiger partial charge >= 0.3 is 11.9 Å². The molecule has 1 N–H and O–H groups in total. The first kappa shape index (κ1) is 30.8. The molecule has 9 nitrogen and oxygen atoms in total. The number of carboxylic acid groups (broad SMARTS) is 1. The lowest BCUT2D eigenvalue weighted by Crippen LogP contribution is -2.39. The van der Waals surface area contributed by atoms with Crippen LogP contribution in [-0.2, 0) is 16.1 Å². The molecule has 1 aliphatic rings. The van der Waals surface area contributed by atoms with Crippen LogP contribution in [0, 0.1) is 6.92 Å². The maximum atomic E-state index is 13.9. The number of aromatic nitrogens is 1. The Bertz CT molecular complexity index is 1960. The van der Waals surface area contributed by atoms with Gasteiger partial charge < -0.3 is 19.3 Å². The second-order valence-corrected chi connectivity index (χ2v) is 11.5. The number of hydrogen-bond acceptors (Lipinski definition) is 8. The molecule has 44 heavy (non-hydrogen) atoms. The Labute approximate surface area is 261 Å². The van der Waals surface area contributed by atoms with Crippen molar-refractivity contribution in [3.63, 3.8) is 0 Å². The van der Waals surface area contributed by atoms with Crippen LogP contribution in [0.15, 0.2) is 81.7 Å². The number of carbonyl (C=O) groups excluding carboxylic acids is 1. The van der Waals surface area contributed by atoms with Gasteiger partial charge in [-0.15, -0.1) is 0 Å². The number of fused-ring (bicyclic) bond motifs is 1. The van der Waals surface area contributed by atoms with Crippen molar-refractivity contribution >= 4 is 41.0 Å². The van der Waals surface area contributed by atoms with E-state index < -0.39 is 18.0 Å². The van der Waals surface area contributed by atoms with Gasteiger partial charge in [-0.2, -0.15) is 0 Å². The molecular weight excluding hydrogens is 604 g/mol. The van der Waals surface area contributed by atoms with Crippen LogP contribution in [0.3, 0.4) is 0 Å². The molecule has 0 bridgehead atoms. The zero-order valence-electron chi connectivity index (χ0n) is 24.4. The van der Waals surface area contributed by atoms with Gasteiger partial charge in [0.1, 0.15) is 6.61 Å². The molecule has 4 aromatic rings. The predicted molar refractivity (Wildman–Crippen MR) is 167 cm³/mol. The molecule has 2 heterocycles. The third-order valence-corrected chi connectivity index (χ3v) is 8.31. The summed E-state index contributed by atoms with van der Waals surface area (Å²) in [6.07, 6.45) is 1.70. The van der Waals surface area contributed by atoms with Crippen molar-refractivity contribution in [3.05, 3.63) is 124 Å². The number of hydrogen-bond donors (Lipinski definition) is 1. The maximum Gasteiger partial charge on any atom is 0.338 e. The number of aromatic carboxylic acids is 1. The topological polar surface area (TPSA) is 116 Å². The van der Waals surface area contributed by atoms with Crippen LogP contribution in [0.2, 0.25) is 5.02 Å². The molecule has 5 rings (SSSR count). The van der Waals surface area contributed by atoms with E-state index in [1.165, 1.54) is 35.1 Å². The van der Waals surface area contributed by atoms with E-state index in [2.05, 4.69) is 4.99 Å². The van der Waals surface area contributed by atoms with Crippen molar-refractivity contribution in [1.82, 2.24) is 4.57 Å². The summed E-state index contributed by atoms with van der Waals surface area (Å²) >= 11 is 7.82. The number of esters is 1. The number of carboxylic acids is 1. The fraction of sp³-hybridized carbons (Fsp3) is 0.212. The standard InChI is InChI=1S/C33H29ClN2O7S/c1-5-42-32(40)27-19(3)35-33-36(28(27)22-10-6-18(2)7-11-22)30(37)26(44-33)16-21-14-24(34)29(25(15-21)41-4)43-17-20-8-12-23(13-9-20)31(38)39/h6-16,28H,5,17H2,1-4H3,(H,38,39)/b26-16+/t28-/m0/s1. The number of rotatable bonds is 9. The first-order valence-corrected chi connectivity index (χ1v) is 14.9. The van der Waals surface area contributed by atoms with E-state index in [1.807, 2.05) is 31.2 Å². The van der Waals surface area contributed by atoms with E-state index in [1.54, 1.807) is 44.2 Å². The van der Waals surface area contributed by atoms with Crippen LogP contribution >= 0.6 is 22.9 Å². The van der Waals surface area contributed by atoms with Gasteiger partial charge in [0.25, 0.3) is 5.56 Å². The molecule has 0 unspecified atom stereocenters. The molecule has 1 aliphatic heterocycles. The molecule has 0 saturated heterocycles. The van der Waals surface area contributed by atoms with E-state index in [0.717, 1.165) is 16.7 Å². The van der Waals surface area contributed by atoms with Crippen molar-refractivity contribution < 1.29 is 28.9 Å². The Hall–Kier alpha value is -4.67. The number of methoxy groups -OCH3 is 1. The van der Waals surface area contributed by atoms with E-state index >= 15 is 0 Å². The second kappa shape index (κ2) is 12.9. The van der Waals surface area contributed by atoms with E-state index in [0.29, 0.717) is 37.7 Å². The minimum atomic E-state index is -1.01. The highest BCUT2D eigenvalue weighted by molar-refractivity contribution is 7.07. The van der Waals surface area contributed by atoms with Crippen molar-refractivity contribution in [2.75, 3.05) is 13.7 Å². The molecule has 0 amide bonds. The Morgan fingerprint density at radius 3 is 2.43 bits per heavy atom. The first-order valence-electron chi connectivity index (χ1n) is 13.7. The number of aryl methyl sites for hydroxylation is 1. The van der Waals surface area contributed by atoms with Crippen LogP contribution in [-0.4, -0.2) is 35.3 Å². The van der Waals surface area contributed by atoms with Gasteiger partial charge in [-0.05, 0) is 67.8 Å². The minimum Gasteiger partial charge on any atom is -0.493 e. The third-order valence-electron chi connectivity index (χ3n) is 7.04. The van der Waals surface area contributed by atoms with Crippen molar-refractivity contribution in [3.8, 4) is 11.5 Å². The van der Waals surface area contributed by atoms with Gasteiger partial charge in [-0.3, -0.25) is 9.36 Å². The molecule has 0 spiro atoms. The highest BCUT2D eigenvalue weighted by Crippen LogP contribution is 2.37. The van der Waals surface area contributed by atoms with Crippen LogP contribution in [0.5, 0.6) is 11.5 Å². The smallest absolute Gasteiger partial charge is 0.338 e. The van der Waals surface area contributed by atoms with Crippen molar-refractivity contribution in [2.24, 2.45) is 4.99 Å². The number of carbonyl (C=O) groups is 2. The predicted octanol–water partition coefficient (Wildman–Crippen LogP) is 5.05. The summed E-state index contributed by atoms with van der Waals surface area (Å²) in [7, 11) is 1.49. The maximum absolute atomic E-state index is 13.9. The van der Waals surface area contributed by atoms with Crippen molar-refractivity contribution in [1.29, 1.82) is 0 Å². The Morgan fingerprint density at radius 2 is 1.80 bits per heavy atom. The summed E-state index contributed by atoms with van der Waals surface area (Å²) in [6, 6.07) is 16.7. The number of thiazole rings is 1. The summed E-state index contributed by atoms with van der Waals surface area (Å²) in [5.41, 5.74) is 3.84. The lowest BCUT2D eigenvalue weighted by Gasteiger charge is -2.24. The van der Waals surface area contributed by atoms with Crippen molar-refractivity contribution in [2.45, 2.75) is 33.4 Å². The summed E-state index contributed by atoms with van der Waals surface area (Å²) in [4.78, 5) is 43.2. The van der Waals surface area contributed by atoms with E-state index in [4.69, 9.17) is 30.9 Å². The van der Waals surface area contributed by atoms with E-state index in [-0.39, 0.29) is 29.4 Å². The molecule has 3 aromatic carbocycles. The van der Waals surface area contributed by atoms with Gasteiger partial charge in [0.15, 0.2) is 16.3 Å². The summed E-state index contributed by atoms with van der Waals surface area (Å²) in [6.45, 7) is 5.78. The first-order chi connectivity index (χ1) is 21.1. The van der Waals surface area contributed by atoms with Crippen LogP contribution < -0.4 is 24.4 Å². The zero-order valence-corrected chi connectivity index (χ0v) is 26.0. The Balaban J connectivity index is 1.53. The molecule has 1 atom stereocenters. The van der Waals surface area contributed by atoms with Crippen LogP contribution in [0.1, 0.15) is 52.5 Å². The summed E-state index contributed by atoms with van der Waals surface area (Å²) < 4.78 is 18.8. The minimum absolute atomic E-state index is 0.134. The quantitative estimate of drug-likeness (QED) is 0.257. The third kappa shape index (κ3) is 6.17. The monoisotopic (exact) mass is 632 g/mol. The lowest BCUT2D eigenvalue weighted by atomic mass is 9.95. The highest BCUT2D eigenvalue weighted by atomic mass is 35.5. The summed E-state index contributed by atoms with van der Waals surface area (Å²) in [5, 5.41) is 9.38. The van der Waals surface area contributed by atoms with Gasteiger partial charge in [0, 0.05) is 0 Å². The zero-order chi connectivity index (χ0) is 31.5. The highest BCUT2D eigenvalue weighted by Gasteiger charge is 2.33. The second-order valence-electron chi connectivity index (χ2n) is 10.0. The SMILES string of the molecule is CCOC(=O)C1=C(C)N=c2s/c(=C/c3cc(Cl)c(OCc4ccc(C(=O)O)cc4)c(OC)c3)c(=O)n2[C@H]1c1ccc(C)cc1. The van der Waals surface area contributed by atoms with Gasteiger partial charge in [-0.25, -0.2) is 14.6 Å². The molecule has 0 radical (unpaired) electrons. The fourth-order valence-corrected chi connectivity index (χ4v) is 6.19. The molecule has 0 saturated carbocycles. The fourth-order valence-electron chi connectivity index (χ4n) is 4.87. The molecule has 11 heteroatoms. The molecular formula is C33H29ClN2O7S. The molecule has 1 aromatic heterocycles. The van der Waals surface area contributed by atoms with Crippen LogP contribution in [0.25, 0.3) is 6.08 Å². The van der Waals surface area contributed by atoms with Gasteiger partial charge in [0.05, 0.1) is 46.1 Å². The number of ether oxygens (including phenoxy) is 3. The van der Waals surface area contributed by atoms with Gasteiger partial charge in [-0.1, -0.05) is 64.9 Å². The number of nitrogens with zero attached hydrogens (tertiary/aromatic N) is 2. The average molecular weight is 633 g/mol. The largest absolute Gasteiger partial charge is 0.493 e. The summed E-state index contributed by atoms with van der Waals surface area (Å²) in [5.74, 6) is -0.857. The molecule has 0 aliphatic carbocycles. The lowest BCUT2D eigenvalue weighted by molar-refractivity contribution is -0.139. The van der Waals surface area contributed by atoms with Gasteiger partial charge in [0.2, 0.25) is 0 Å². The number of benzene rings is 3. The Morgan fingerprint density at radius 1 is 1.09 bits per heavy atom. The van der Waals surface area contributed by atoms with Crippen LogP contribution in [0.4, 0.5) is 0 Å².